The summed E-state index contributed by atoms with van der Waals surface area (Å²) in [5.41, 5.74) is 2.18. The highest BCUT2D eigenvalue weighted by Gasteiger charge is 2.36. The fourth-order valence-corrected chi connectivity index (χ4v) is 2.99. The Labute approximate surface area is 117 Å². The first-order valence-electron chi connectivity index (χ1n) is 7.01. The van der Waals surface area contributed by atoms with Gasteiger partial charge in [0.1, 0.15) is 12.4 Å². The fraction of sp³-hybridized carbons (Fsp3) is 0.533. The van der Waals surface area contributed by atoms with E-state index in [1.54, 1.807) is 0 Å². The lowest BCUT2D eigenvalue weighted by atomic mass is 9.75. The summed E-state index contributed by atoms with van der Waals surface area (Å²) < 4.78 is 5.49. The van der Waals surface area contributed by atoms with Gasteiger partial charge in [0.15, 0.2) is 0 Å². The van der Waals surface area contributed by atoms with Crippen molar-refractivity contribution in [3.8, 4) is 5.75 Å². The van der Waals surface area contributed by atoms with E-state index in [1.807, 2.05) is 12.1 Å². The number of amides is 1. The van der Waals surface area contributed by atoms with Gasteiger partial charge in [-0.2, -0.15) is 0 Å². The smallest absolute Gasteiger partial charge is 0.246 e. The predicted molar refractivity (Wildman–Crippen MR) is 72.3 cm³/mol. The third kappa shape index (κ3) is 2.51. The molecule has 0 aromatic heterocycles. The normalized spacial score (nSPS) is 25.3. The van der Waals surface area contributed by atoms with Crippen LogP contribution in [0.2, 0.25) is 0 Å². The summed E-state index contributed by atoms with van der Waals surface area (Å²) in [6.45, 7) is 0.189. The maximum atomic E-state index is 11.5. The molecule has 3 N–H and O–H groups in total. The SMILES string of the molecule is O=C(CO)N[C@@H](c1ccc2c(c1)CCO2)C1CC(O)C1. The van der Waals surface area contributed by atoms with Crippen molar-refractivity contribution in [3.05, 3.63) is 29.3 Å². The Morgan fingerprint density at radius 1 is 1.45 bits per heavy atom. The lowest BCUT2D eigenvalue weighted by Gasteiger charge is -2.38. The van der Waals surface area contributed by atoms with Crippen molar-refractivity contribution >= 4 is 5.91 Å². The number of aliphatic hydroxyl groups excluding tert-OH is 2. The van der Waals surface area contributed by atoms with Gasteiger partial charge >= 0.3 is 0 Å². The number of benzene rings is 1. The number of hydrogen-bond donors (Lipinski definition) is 3. The first-order valence-corrected chi connectivity index (χ1v) is 7.01. The molecule has 108 valence electrons. The topological polar surface area (TPSA) is 78.8 Å². The van der Waals surface area contributed by atoms with Crippen LogP contribution >= 0.6 is 0 Å². The van der Waals surface area contributed by atoms with Gasteiger partial charge in [0, 0.05) is 6.42 Å². The molecule has 0 saturated heterocycles. The van der Waals surface area contributed by atoms with Crippen LogP contribution in [0.15, 0.2) is 18.2 Å². The van der Waals surface area contributed by atoms with Crippen molar-refractivity contribution in [2.45, 2.75) is 31.4 Å². The van der Waals surface area contributed by atoms with Gasteiger partial charge < -0.3 is 20.3 Å². The monoisotopic (exact) mass is 277 g/mol. The second-order valence-electron chi connectivity index (χ2n) is 5.55. The van der Waals surface area contributed by atoms with Crippen molar-refractivity contribution in [1.82, 2.24) is 5.32 Å². The van der Waals surface area contributed by atoms with Crippen LogP contribution in [-0.2, 0) is 11.2 Å². The Kier molecular flexibility index (Phi) is 3.63. The number of fused-ring (bicyclic) bond motifs is 1. The Bertz CT molecular complexity index is 511. The van der Waals surface area contributed by atoms with E-state index in [0.717, 1.165) is 23.3 Å². The number of carbonyl (C=O) groups excluding carboxylic acids is 1. The molecule has 1 aliphatic heterocycles. The molecule has 3 rings (SSSR count). The number of ether oxygens (including phenoxy) is 1. The molecule has 0 bridgehead atoms. The van der Waals surface area contributed by atoms with Crippen LogP contribution in [0.1, 0.15) is 30.0 Å². The van der Waals surface area contributed by atoms with Gasteiger partial charge in [0.2, 0.25) is 5.91 Å². The minimum Gasteiger partial charge on any atom is -0.493 e. The molecule has 0 radical (unpaired) electrons. The summed E-state index contributed by atoms with van der Waals surface area (Å²) in [6.07, 6.45) is 1.98. The standard InChI is InChI=1S/C15H19NO4/c17-8-14(19)16-15(11-6-12(18)7-11)10-1-2-13-9(5-10)3-4-20-13/h1-2,5,11-12,15,17-18H,3-4,6-8H2,(H,16,19)/t11?,12?,15-/m0/s1. The maximum absolute atomic E-state index is 11.5. The first kappa shape index (κ1) is 13.4. The Balaban J connectivity index is 1.82. The molecule has 1 fully saturated rings. The van der Waals surface area contributed by atoms with E-state index in [1.165, 1.54) is 0 Å². The van der Waals surface area contributed by atoms with Crippen LogP contribution in [0, 0.1) is 5.92 Å². The molecule has 1 atom stereocenters. The summed E-state index contributed by atoms with van der Waals surface area (Å²) in [5.74, 6) is 0.753. The first-order chi connectivity index (χ1) is 9.67. The summed E-state index contributed by atoms with van der Waals surface area (Å²) in [4.78, 5) is 11.5. The molecule has 1 aromatic carbocycles. The molecule has 20 heavy (non-hydrogen) atoms. The molecule has 2 aliphatic rings. The van der Waals surface area contributed by atoms with E-state index in [4.69, 9.17) is 9.84 Å². The fourth-order valence-electron chi connectivity index (χ4n) is 2.99. The van der Waals surface area contributed by atoms with E-state index in [9.17, 15) is 9.90 Å². The molecule has 1 saturated carbocycles. The summed E-state index contributed by atoms with van der Waals surface area (Å²) >= 11 is 0. The molecule has 1 amide bonds. The molecule has 5 heteroatoms. The Morgan fingerprint density at radius 2 is 2.25 bits per heavy atom. The van der Waals surface area contributed by atoms with E-state index < -0.39 is 6.61 Å². The largest absolute Gasteiger partial charge is 0.493 e. The molecule has 1 aromatic rings. The van der Waals surface area contributed by atoms with Gasteiger partial charge in [0.25, 0.3) is 0 Å². The van der Waals surface area contributed by atoms with Crippen LogP contribution in [0.5, 0.6) is 5.75 Å². The molecule has 1 heterocycles. The van der Waals surface area contributed by atoms with Gasteiger partial charge in [0.05, 0.1) is 18.8 Å². The zero-order chi connectivity index (χ0) is 14.1. The molecule has 1 aliphatic carbocycles. The number of nitrogens with one attached hydrogen (secondary N) is 1. The van der Waals surface area contributed by atoms with Crippen LogP contribution in [0.25, 0.3) is 0 Å². The zero-order valence-electron chi connectivity index (χ0n) is 11.2. The lowest BCUT2D eigenvalue weighted by molar-refractivity contribution is -0.125. The Morgan fingerprint density at radius 3 is 2.95 bits per heavy atom. The van der Waals surface area contributed by atoms with Gasteiger partial charge in [-0.1, -0.05) is 6.07 Å². The molecule has 5 nitrogen and oxygen atoms in total. The van der Waals surface area contributed by atoms with Crippen molar-refractivity contribution in [1.29, 1.82) is 0 Å². The number of hydrogen-bond acceptors (Lipinski definition) is 4. The molecule has 0 spiro atoms. The second kappa shape index (κ2) is 5.42. The summed E-state index contributed by atoms with van der Waals surface area (Å²) in [6, 6.07) is 5.81. The number of rotatable bonds is 4. The minimum atomic E-state index is -0.514. The predicted octanol–water partition coefficient (Wildman–Crippen LogP) is 0.542. The highest BCUT2D eigenvalue weighted by atomic mass is 16.5. The van der Waals surface area contributed by atoms with E-state index in [2.05, 4.69) is 11.4 Å². The van der Waals surface area contributed by atoms with Crippen molar-refractivity contribution in [2.24, 2.45) is 5.92 Å². The molecular weight excluding hydrogens is 258 g/mol. The molecule has 0 unspecified atom stereocenters. The summed E-state index contributed by atoms with van der Waals surface area (Å²) in [5, 5.41) is 21.3. The second-order valence-corrected chi connectivity index (χ2v) is 5.55. The number of carbonyl (C=O) groups is 1. The quantitative estimate of drug-likeness (QED) is 0.750. The van der Waals surface area contributed by atoms with Crippen molar-refractivity contribution in [2.75, 3.05) is 13.2 Å². The number of aliphatic hydroxyl groups is 2. The zero-order valence-corrected chi connectivity index (χ0v) is 11.2. The van der Waals surface area contributed by atoms with Gasteiger partial charge in [-0.3, -0.25) is 4.79 Å². The highest BCUT2D eigenvalue weighted by molar-refractivity contribution is 5.77. The maximum Gasteiger partial charge on any atom is 0.246 e. The summed E-state index contributed by atoms with van der Waals surface area (Å²) in [7, 11) is 0. The molecular formula is C15H19NO4. The third-order valence-electron chi connectivity index (χ3n) is 4.15. The van der Waals surface area contributed by atoms with Crippen molar-refractivity contribution in [3.63, 3.8) is 0 Å². The van der Waals surface area contributed by atoms with Crippen LogP contribution in [0.4, 0.5) is 0 Å². The third-order valence-corrected chi connectivity index (χ3v) is 4.15. The average molecular weight is 277 g/mol. The van der Waals surface area contributed by atoms with Crippen LogP contribution < -0.4 is 10.1 Å². The minimum absolute atomic E-state index is 0.149. The van der Waals surface area contributed by atoms with Crippen LogP contribution in [-0.4, -0.2) is 35.4 Å². The van der Waals surface area contributed by atoms with Gasteiger partial charge in [-0.25, -0.2) is 0 Å². The van der Waals surface area contributed by atoms with E-state index in [0.29, 0.717) is 19.4 Å². The van der Waals surface area contributed by atoms with Gasteiger partial charge in [-0.05, 0) is 42.0 Å². The van der Waals surface area contributed by atoms with Gasteiger partial charge in [-0.15, -0.1) is 0 Å². The average Bonchev–Trinajstić information content (AvgIpc) is 2.88. The van der Waals surface area contributed by atoms with E-state index >= 15 is 0 Å². The van der Waals surface area contributed by atoms with E-state index in [-0.39, 0.29) is 24.0 Å². The Hall–Kier alpha value is -1.59. The van der Waals surface area contributed by atoms with Crippen molar-refractivity contribution < 1.29 is 19.7 Å². The highest BCUT2D eigenvalue weighted by Crippen LogP contribution is 2.39. The van der Waals surface area contributed by atoms with Crippen LogP contribution in [0.3, 0.4) is 0 Å². The lowest BCUT2D eigenvalue weighted by Crippen LogP contribution is -2.42.